The second-order valence-electron chi connectivity index (χ2n) is 6.06. The van der Waals surface area contributed by atoms with Crippen molar-refractivity contribution in [2.24, 2.45) is 4.99 Å². The van der Waals surface area contributed by atoms with Gasteiger partial charge in [0.25, 0.3) is 0 Å². The molecule has 0 unspecified atom stereocenters. The third kappa shape index (κ3) is 7.87. The van der Waals surface area contributed by atoms with Gasteiger partial charge in [-0.15, -0.1) is 0 Å². The first kappa shape index (κ1) is 21.6. The van der Waals surface area contributed by atoms with Gasteiger partial charge in [0.1, 0.15) is 12.4 Å². The highest BCUT2D eigenvalue weighted by Gasteiger charge is 2.27. The number of halogens is 3. The first-order valence-corrected chi connectivity index (χ1v) is 8.69. The maximum absolute atomic E-state index is 12.2. The number of aliphatic imine (C=N–C) groups is 1. The van der Waals surface area contributed by atoms with Gasteiger partial charge >= 0.3 is 6.18 Å². The zero-order chi connectivity index (χ0) is 20.4. The smallest absolute Gasteiger partial charge is 0.411 e. The molecule has 5 nitrogen and oxygen atoms in total. The minimum absolute atomic E-state index is 0.0871. The Balaban J connectivity index is 1.83. The van der Waals surface area contributed by atoms with Crippen molar-refractivity contribution in [1.82, 2.24) is 10.6 Å². The molecule has 0 aliphatic rings. The molecule has 2 aromatic carbocycles. The molecule has 0 aromatic heterocycles. The Labute approximate surface area is 162 Å². The number of methoxy groups -OCH3 is 1. The van der Waals surface area contributed by atoms with Crippen LogP contribution in [0.4, 0.5) is 13.2 Å². The van der Waals surface area contributed by atoms with Crippen LogP contribution in [0.3, 0.4) is 0 Å². The van der Waals surface area contributed by atoms with Gasteiger partial charge in [-0.2, -0.15) is 13.2 Å². The summed E-state index contributed by atoms with van der Waals surface area (Å²) in [5, 5.41) is 6.39. The monoisotopic (exact) mass is 395 g/mol. The van der Waals surface area contributed by atoms with Crippen molar-refractivity contribution in [3.8, 4) is 5.75 Å². The summed E-state index contributed by atoms with van der Waals surface area (Å²) >= 11 is 0. The first-order chi connectivity index (χ1) is 13.4. The van der Waals surface area contributed by atoms with Gasteiger partial charge in [-0.1, -0.05) is 36.4 Å². The lowest BCUT2D eigenvalue weighted by Crippen LogP contribution is -2.36. The molecule has 0 fully saturated rings. The van der Waals surface area contributed by atoms with E-state index in [0.29, 0.717) is 24.6 Å². The Hall–Kier alpha value is -2.74. The normalized spacial score (nSPS) is 12.0. The van der Waals surface area contributed by atoms with Crippen LogP contribution in [0, 0.1) is 0 Å². The maximum Gasteiger partial charge on any atom is 0.411 e. The van der Waals surface area contributed by atoms with Crippen LogP contribution in [0.5, 0.6) is 5.75 Å². The van der Waals surface area contributed by atoms with Crippen LogP contribution in [0.1, 0.15) is 16.7 Å². The quantitative estimate of drug-likeness (QED) is 0.529. The van der Waals surface area contributed by atoms with Crippen molar-refractivity contribution < 1.29 is 22.6 Å². The van der Waals surface area contributed by atoms with E-state index in [2.05, 4.69) is 15.6 Å². The lowest BCUT2D eigenvalue weighted by molar-refractivity contribution is -0.176. The van der Waals surface area contributed by atoms with Gasteiger partial charge in [0.05, 0.1) is 13.7 Å². The molecule has 0 aliphatic heterocycles. The topological polar surface area (TPSA) is 54.9 Å². The van der Waals surface area contributed by atoms with Crippen LogP contribution in [-0.4, -0.2) is 32.9 Å². The summed E-state index contributed by atoms with van der Waals surface area (Å²) in [7, 11) is 3.29. The average molecular weight is 395 g/mol. The van der Waals surface area contributed by atoms with Gasteiger partial charge in [0, 0.05) is 20.1 Å². The second-order valence-corrected chi connectivity index (χ2v) is 6.06. The molecule has 0 amide bonds. The summed E-state index contributed by atoms with van der Waals surface area (Å²) in [5.74, 6) is 1.40. The number of nitrogens with one attached hydrogen (secondary N) is 2. The summed E-state index contributed by atoms with van der Waals surface area (Å²) < 4.78 is 46.4. The van der Waals surface area contributed by atoms with E-state index in [4.69, 9.17) is 9.47 Å². The van der Waals surface area contributed by atoms with E-state index < -0.39 is 12.8 Å². The number of alkyl halides is 3. The number of nitrogens with zero attached hydrogens (tertiary/aromatic N) is 1. The Morgan fingerprint density at radius 2 is 1.57 bits per heavy atom. The largest absolute Gasteiger partial charge is 0.497 e. The highest BCUT2D eigenvalue weighted by atomic mass is 19.4. The van der Waals surface area contributed by atoms with Crippen LogP contribution in [0.15, 0.2) is 53.5 Å². The fraction of sp³-hybridized carbons (Fsp3) is 0.350. The number of rotatable bonds is 8. The van der Waals surface area contributed by atoms with Crippen LogP contribution in [0.25, 0.3) is 0 Å². The van der Waals surface area contributed by atoms with Crippen LogP contribution in [0.2, 0.25) is 0 Å². The number of benzene rings is 2. The lowest BCUT2D eigenvalue weighted by Gasteiger charge is -2.13. The zero-order valence-corrected chi connectivity index (χ0v) is 15.8. The highest BCUT2D eigenvalue weighted by Crippen LogP contribution is 2.16. The summed E-state index contributed by atoms with van der Waals surface area (Å²) in [4.78, 5) is 4.17. The van der Waals surface area contributed by atoms with Crippen LogP contribution in [-0.2, 0) is 24.4 Å². The molecule has 8 heteroatoms. The van der Waals surface area contributed by atoms with Crippen LogP contribution >= 0.6 is 0 Å². The van der Waals surface area contributed by atoms with Gasteiger partial charge < -0.3 is 20.1 Å². The molecule has 2 N–H and O–H groups in total. The predicted molar refractivity (Wildman–Crippen MR) is 102 cm³/mol. The van der Waals surface area contributed by atoms with Gasteiger partial charge in [0.15, 0.2) is 5.96 Å². The third-order valence-electron chi connectivity index (χ3n) is 3.80. The van der Waals surface area contributed by atoms with Gasteiger partial charge in [-0.05, 0) is 28.8 Å². The molecule has 152 valence electrons. The summed E-state index contributed by atoms with van der Waals surface area (Å²) in [5.41, 5.74) is 2.64. The Morgan fingerprint density at radius 3 is 2.18 bits per heavy atom. The number of hydrogen-bond acceptors (Lipinski definition) is 3. The van der Waals surface area contributed by atoms with E-state index in [1.54, 1.807) is 32.4 Å². The van der Waals surface area contributed by atoms with Crippen molar-refractivity contribution in [3.63, 3.8) is 0 Å². The van der Waals surface area contributed by atoms with Crippen molar-refractivity contribution in [2.75, 3.05) is 20.8 Å². The van der Waals surface area contributed by atoms with Crippen molar-refractivity contribution in [1.29, 1.82) is 0 Å². The van der Waals surface area contributed by atoms with Gasteiger partial charge in [-0.25, -0.2) is 0 Å². The Morgan fingerprint density at radius 1 is 0.964 bits per heavy atom. The van der Waals surface area contributed by atoms with E-state index in [-0.39, 0.29) is 6.61 Å². The molecule has 0 atom stereocenters. The molecular formula is C20H24F3N3O2. The summed E-state index contributed by atoms with van der Waals surface area (Å²) in [6.45, 7) is -0.292. The van der Waals surface area contributed by atoms with E-state index in [0.717, 1.165) is 16.9 Å². The average Bonchev–Trinajstić information content (AvgIpc) is 2.67. The molecule has 0 spiro atoms. The van der Waals surface area contributed by atoms with E-state index in [1.807, 2.05) is 30.3 Å². The number of ether oxygens (including phenoxy) is 2. The molecule has 0 bridgehead atoms. The van der Waals surface area contributed by atoms with E-state index in [9.17, 15) is 13.2 Å². The molecule has 28 heavy (non-hydrogen) atoms. The molecule has 0 radical (unpaired) electrons. The van der Waals surface area contributed by atoms with Crippen LogP contribution < -0.4 is 15.4 Å². The van der Waals surface area contributed by atoms with E-state index >= 15 is 0 Å². The fourth-order valence-electron chi connectivity index (χ4n) is 2.49. The standard InChI is InChI=1S/C20H24F3N3O2/c1-24-19(26-12-16-6-4-8-18(10-16)27-2)25-11-15-5-3-7-17(9-15)13-28-14-20(21,22)23/h3-10H,11-14H2,1-2H3,(H2,24,25,26). The van der Waals surface area contributed by atoms with Crippen molar-refractivity contribution >= 4 is 5.96 Å². The maximum atomic E-state index is 12.2. The SMILES string of the molecule is CN=C(NCc1cccc(COCC(F)(F)F)c1)NCc1cccc(OC)c1. The molecular weight excluding hydrogens is 371 g/mol. The first-order valence-electron chi connectivity index (χ1n) is 8.69. The molecule has 2 aromatic rings. The molecule has 0 saturated carbocycles. The molecule has 0 aliphatic carbocycles. The predicted octanol–water partition coefficient (Wildman–Crippen LogP) is 3.64. The number of hydrogen-bond donors (Lipinski definition) is 2. The van der Waals surface area contributed by atoms with Crippen molar-refractivity contribution in [3.05, 3.63) is 65.2 Å². The van der Waals surface area contributed by atoms with Crippen molar-refractivity contribution in [2.45, 2.75) is 25.9 Å². The molecule has 0 saturated heterocycles. The van der Waals surface area contributed by atoms with E-state index in [1.165, 1.54) is 0 Å². The minimum atomic E-state index is -4.32. The molecule has 2 rings (SSSR count). The zero-order valence-electron chi connectivity index (χ0n) is 15.8. The second kappa shape index (κ2) is 10.6. The number of guanidine groups is 1. The fourth-order valence-corrected chi connectivity index (χ4v) is 2.49. The highest BCUT2D eigenvalue weighted by molar-refractivity contribution is 5.79. The Bertz CT molecular complexity index is 779. The van der Waals surface area contributed by atoms with Gasteiger partial charge in [-0.3, -0.25) is 4.99 Å². The molecule has 0 heterocycles. The minimum Gasteiger partial charge on any atom is -0.497 e. The Kier molecular flexibility index (Phi) is 8.13. The summed E-state index contributed by atoms with van der Waals surface area (Å²) in [6, 6.07) is 14.9. The third-order valence-corrected chi connectivity index (χ3v) is 3.80. The summed E-state index contributed by atoms with van der Waals surface area (Å²) in [6.07, 6.45) is -4.32. The van der Waals surface area contributed by atoms with Gasteiger partial charge in [0.2, 0.25) is 0 Å². The lowest BCUT2D eigenvalue weighted by atomic mass is 10.1.